The van der Waals surface area contributed by atoms with Crippen molar-refractivity contribution in [3.8, 4) is 0 Å². The van der Waals surface area contributed by atoms with Crippen molar-refractivity contribution in [1.29, 1.82) is 0 Å². The Morgan fingerprint density at radius 1 is 0.370 bits per heavy atom. The van der Waals surface area contributed by atoms with Crippen LogP contribution < -0.4 is 0 Å². The predicted octanol–water partition coefficient (Wildman–Crippen LogP) is 9.07. The van der Waals surface area contributed by atoms with Crippen molar-refractivity contribution in [2.45, 2.75) is 141 Å². The zero-order valence-corrected chi connectivity index (χ0v) is 18.4. The molecule has 4 aliphatic carbocycles. The van der Waals surface area contributed by atoms with Crippen LogP contribution in [0, 0.1) is 29.1 Å². The van der Waals surface area contributed by atoms with Crippen LogP contribution in [-0.2, 0) is 0 Å². The summed E-state index contributed by atoms with van der Waals surface area (Å²) in [6, 6.07) is 0. The Labute approximate surface area is 170 Å². The van der Waals surface area contributed by atoms with E-state index in [1.165, 1.54) is 25.7 Å². The molecule has 0 heteroatoms. The first-order chi connectivity index (χ1) is 13.4. The summed E-state index contributed by atoms with van der Waals surface area (Å²) in [5.41, 5.74) is 0.755. The molecule has 4 saturated carbocycles. The standard InChI is InChI=1S/C27H48/c1-5-13-23(14-6-1)21-27(25-17-9-3-10-18-25,26-19-11-4-12-20-26)22-24-15-7-2-8-16-24/h23-26H,1-22H2. The van der Waals surface area contributed by atoms with Crippen LogP contribution in [0.25, 0.3) is 0 Å². The maximum Gasteiger partial charge on any atom is -0.0236 e. The monoisotopic (exact) mass is 372 g/mol. The second-order valence-corrected chi connectivity index (χ2v) is 11.3. The third kappa shape index (κ3) is 5.14. The van der Waals surface area contributed by atoms with Gasteiger partial charge in [0.15, 0.2) is 0 Å². The molecule has 0 aromatic rings. The Morgan fingerprint density at radius 2 is 0.667 bits per heavy atom. The lowest BCUT2D eigenvalue weighted by atomic mass is 9.52. The molecule has 0 radical (unpaired) electrons. The molecule has 4 fully saturated rings. The van der Waals surface area contributed by atoms with Gasteiger partial charge in [0.25, 0.3) is 0 Å². The van der Waals surface area contributed by atoms with Gasteiger partial charge in [-0.3, -0.25) is 0 Å². The van der Waals surface area contributed by atoms with Gasteiger partial charge in [-0.05, 0) is 67.6 Å². The minimum atomic E-state index is 0.755. The molecule has 0 N–H and O–H groups in total. The van der Waals surface area contributed by atoms with Crippen molar-refractivity contribution >= 4 is 0 Å². The van der Waals surface area contributed by atoms with E-state index in [2.05, 4.69) is 0 Å². The number of hydrogen-bond donors (Lipinski definition) is 0. The van der Waals surface area contributed by atoms with Crippen LogP contribution in [0.4, 0.5) is 0 Å². The zero-order valence-electron chi connectivity index (χ0n) is 18.4. The van der Waals surface area contributed by atoms with Crippen molar-refractivity contribution in [1.82, 2.24) is 0 Å². The summed E-state index contributed by atoms with van der Waals surface area (Å²) in [4.78, 5) is 0. The Bertz CT molecular complexity index is 360. The van der Waals surface area contributed by atoms with E-state index in [1.54, 1.807) is 116 Å². The van der Waals surface area contributed by atoms with E-state index in [4.69, 9.17) is 0 Å². The summed E-state index contributed by atoms with van der Waals surface area (Å²) in [5, 5.41) is 0. The highest BCUT2D eigenvalue weighted by Gasteiger charge is 2.47. The van der Waals surface area contributed by atoms with Crippen molar-refractivity contribution in [3.05, 3.63) is 0 Å². The second kappa shape index (κ2) is 10.2. The third-order valence-electron chi connectivity index (χ3n) is 9.62. The van der Waals surface area contributed by atoms with E-state index in [9.17, 15) is 0 Å². The maximum atomic E-state index is 1.65. The van der Waals surface area contributed by atoms with E-state index in [-0.39, 0.29) is 0 Å². The molecule has 0 nitrogen and oxygen atoms in total. The summed E-state index contributed by atoms with van der Waals surface area (Å²) in [6.45, 7) is 0. The van der Waals surface area contributed by atoms with Crippen LogP contribution >= 0.6 is 0 Å². The van der Waals surface area contributed by atoms with E-state index in [0.717, 1.165) is 29.1 Å². The summed E-state index contributed by atoms with van der Waals surface area (Å²) in [7, 11) is 0. The van der Waals surface area contributed by atoms with Gasteiger partial charge in [0.05, 0.1) is 0 Å². The molecule has 0 heterocycles. The van der Waals surface area contributed by atoms with Gasteiger partial charge in [0.1, 0.15) is 0 Å². The smallest absolute Gasteiger partial charge is 0.0236 e. The minimum absolute atomic E-state index is 0.755. The van der Waals surface area contributed by atoms with E-state index in [1.807, 2.05) is 0 Å². The van der Waals surface area contributed by atoms with Crippen LogP contribution in [0.15, 0.2) is 0 Å². The van der Waals surface area contributed by atoms with E-state index in [0.29, 0.717) is 0 Å². The Morgan fingerprint density at radius 3 is 1.00 bits per heavy atom. The van der Waals surface area contributed by atoms with E-state index >= 15 is 0 Å². The number of rotatable bonds is 6. The third-order valence-corrected chi connectivity index (χ3v) is 9.62. The first-order valence-corrected chi connectivity index (χ1v) is 13.4. The molecule has 0 aromatic carbocycles. The molecule has 4 aliphatic rings. The molecule has 0 amide bonds. The molecule has 4 rings (SSSR count). The SMILES string of the molecule is C1CCC(CC(CC2CCCCC2)(C2CCCCC2)C2CCCCC2)CC1. The molecule has 0 unspecified atom stereocenters. The average molecular weight is 373 g/mol. The fourth-order valence-corrected chi connectivity index (χ4v) is 8.30. The largest absolute Gasteiger partial charge is 0.0533 e. The summed E-state index contributed by atoms with van der Waals surface area (Å²) >= 11 is 0. The van der Waals surface area contributed by atoms with Gasteiger partial charge < -0.3 is 0 Å². The van der Waals surface area contributed by atoms with Crippen LogP contribution in [0.1, 0.15) is 141 Å². The Balaban J connectivity index is 1.59. The normalized spacial score (nSPS) is 28.4. The quantitative estimate of drug-likeness (QED) is 0.436. The molecular weight excluding hydrogens is 324 g/mol. The van der Waals surface area contributed by atoms with Crippen LogP contribution in [0.3, 0.4) is 0 Å². The van der Waals surface area contributed by atoms with Crippen LogP contribution in [-0.4, -0.2) is 0 Å². The molecule has 0 aromatic heterocycles. The zero-order chi connectivity index (χ0) is 18.4. The van der Waals surface area contributed by atoms with Gasteiger partial charge in [-0.15, -0.1) is 0 Å². The lowest BCUT2D eigenvalue weighted by Crippen LogP contribution is -2.44. The molecule has 0 saturated heterocycles. The summed E-state index contributed by atoms with van der Waals surface area (Å²) in [5.74, 6) is 4.37. The van der Waals surface area contributed by atoms with Gasteiger partial charge in [0, 0.05) is 0 Å². The topological polar surface area (TPSA) is 0 Å². The number of hydrogen-bond acceptors (Lipinski definition) is 0. The summed E-state index contributed by atoms with van der Waals surface area (Å²) < 4.78 is 0. The molecule has 156 valence electrons. The highest BCUT2D eigenvalue weighted by atomic mass is 14.5. The Hall–Kier alpha value is 0. The molecule has 0 aliphatic heterocycles. The van der Waals surface area contributed by atoms with Gasteiger partial charge in [0.2, 0.25) is 0 Å². The molecule has 0 bridgehead atoms. The highest BCUT2D eigenvalue weighted by molar-refractivity contribution is 4.97. The second-order valence-electron chi connectivity index (χ2n) is 11.3. The lowest BCUT2D eigenvalue weighted by Gasteiger charge is -2.53. The molecule has 0 spiro atoms. The highest BCUT2D eigenvalue weighted by Crippen LogP contribution is 2.57. The van der Waals surface area contributed by atoms with Gasteiger partial charge in [-0.2, -0.15) is 0 Å². The van der Waals surface area contributed by atoms with Gasteiger partial charge in [-0.25, -0.2) is 0 Å². The minimum Gasteiger partial charge on any atom is -0.0533 e. The van der Waals surface area contributed by atoms with Gasteiger partial charge in [-0.1, -0.05) is 103 Å². The van der Waals surface area contributed by atoms with Crippen molar-refractivity contribution in [3.63, 3.8) is 0 Å². The van der Waals surface area contributed by atoms with E-state index < -0.39 is 0 Å². The predicted molar refractivity (Wildman–Crippen MR) is 118 cm³/mol. The fraction of sp³-hybridized carbons (Fsp3) is 1.00. The first-order valence-electron chi connectivity index (χ1n) is 13.4. The van der Waals surface area contributed by atoms with Crippen molar-refractivity contribution in [2.75, 3.05) is 0 Å². The fourth-order valence-electron chi connectivity index (χ4n) is 8.30. The molecule has 27 heavy (non-hydrogen) atoms. The average Bonchev–Trinajstić information content (AvgIpc) is 2.76. The van der Waals surface area contributed by atoms with Crippen molar-refractivity contribution < 1.29 is 0 Å². The summed E-state index contributed by atoms with van der Waals surface area (Å²) in [6.07, 6.45) is 34.5. The maximum absolute atomic E-state index is 1.65. The molecular formula is C27H48. The molecule has 0 atom stereocenters. The Kier molecular flexibility index (Phi) is 7.63. The van der Waals surface area contributed by atoms with Crippen molar-refractivity contribution in [2.24, 2.45) is 29.1 Å². The van der Waals surface area contributed by atoms with Crippen LogP contribution in [0.5, 0.6) is 0 Å². The first kappa shape index (κ1) is 20.3. The van der Waals surface area contributed by atoms with Gasteiger partial charge >= 0.3 is 0 Å². The lowest BCUT2D eigenvalue weighted by molar-refractivity contribution is -0.0314. The van der Waals surface area contributed by atoms with Crippen LogP contribution in [0.2, 0.25) is 0 Å².